The second kappa shape index (κ2) is 3.81. The molecule has 0 aromatic heterocycles. The number of benzene rings is 1. The minimum absolute atomic E-state index is 0.200. The van der Waals surface area contributed by atoms with Crippen LogP contribution in [0.3, 0.4) is 0 Å². The molecular weight excluding hydrogens is 192 g/mol. The Morgan fingerprint density at radius 1 is 1.53 bits per heavy atom. The molecule has 15 heavy (non-hydrogen) atoms. The largest absolute Gasteiger partial charge is 0.508 e. The van der Waals surface area contributed by atoms with Crippen molar-refractivity contribution in [2.45, 2.75) is 25.3 Å². The van der Waals surface area contributed by atoms with E-state index in [-0.39, 0.29) is 17.7 Å². The van der Waals surface area contributed by atoms with Gasteiger partial charge in [0.05, 0.1) is 0 Å². The van der Waals surface area contributed by atoms with Crippen LogP contribution in [-0.2, 0) is 11.2 Å². The zero-order valence-corrected chi connectivity index (χ0v) is 8.36. The van der Waals surface area contributed by atoms with Gasteiger partial charge in [0.1, 0.15) is 11.8 Å². The van der Waals surface area contributed by atoms with Crippen LogP contribution in [0.1, 0.15) is 18.4 Å². The van der Waals surface area contributed by atoms with Gasteiger partial charge in [0.25, 0.3) is 0 Å². The molecule has 4 nitrogen and oxygen atoms in total. The van der Waals surface area contributed by atoms with Crippen molar-refractivity contribution in [2.75, 3.05) is 5.32 Å². The third kappa shape index (κ3) is 2.03. The molecule has 1 unspecified atom stereocenters. The highest BCUT2D eigenvalue weighted by Crippen LogP contribution is 2.27. The molecule has 0 saturated heterocycles. The van der Waals surface area contributed by atoms with E-state index in [1.807, 2.05) is 6.07 Å². The van der Waals surface area contributed by atoms with Gasteiger partial charge in [-0.3, -0.25) is 4.79 Å². The van der Waals surface area contributed by atoms with E-state index in [0.717, 1.165) is 30.5 Å². The van der Waals surface area contributed by atoms with Gasteiger partial charge in [-0.1, -0.05) is 6.07 Å². The summed E-state index contributed by atoms with van der Waals surface area (Å²) in [5, 5.41) is 12.4. The van der Waals surface area contributed by atoms with Crippen LogP contribution in [0, 0.1) is 0 Å². The fraction of sp³-hybridized carbons (Fsp3) is 0.364. The van der Waals surface area contributed by atoms with Gasteiger partial charge in [-0.25, -0.2) is 0 Å². The van der Waals surface area contributed by atoms with Gasteiger partial charge >= 0.3 is 0 Å². The fourth-order valence-electron chi connectivity index (χ4n) is 1.89. The number of carbonyl (C=O) groups excluding carboxylic acids is 1. The Labute approximate surface area is 88.1 Å². The SMILES string of the molecule is NC(=O)C1CCCc2ccc(O)cc2N1. The molecule has 1 aromatic rings. The van der Waals surface area contributed by atoms with E-state index in [0.29, 0.717) is 0 Å². The molecule has 1 heterocycles. The number of primary amides is 1. The monoisotopic (exact) mass is 206 g/mol. The summed E-state index contributed by atoms with van der Waals surface area (Å²) < 4.78 is 0. The lowest BCUT2D eigenvalue weighted by Gasteiger charge is -2.14. The summed E-state index contributed by atoms with van der Waals surface area (Å²) in [5.41, 5.74) is 7.21. The number of carbonyl (C=O) groups is 1. The summed E-state index contributed by atoms with van der Waals surface area (Å²) in [7, 11) is 0. The number of aromatic hydroxyl groups is 1. The molecule has 80 valence electrons. The van der Waals surface area contributed by atoms with Crippen LogP contribution in [0.25, 0.3) is 0 Å². The van der Waals surface area contributed by atoms with Gasteiger partial charge in [-0.05, 0) is 30.9 Å². The van der Waals surface area contributed by atoms with Crippen LogP contribution < -0.4 is 11.1 Å². The van der Waals surface area contributed by atoms with Crippen molar-refractivity contribution in [3.8, 4) is 5.75 Å². The van der Waals surface area contributed by atoms with Crippen LogP contribution in [0.5, 0.6) is 5.75 Å². The number of rotatable bonds is 1. The number of anilines is 1. The quantitative estimate of drug-likeness (QED) is 0.641. The zero-order valence-electron chi connectivity index (χ0n) is 8.36. The highest BCUT2D eigenvalue weighted by Gasteiger charge is 2.19. The predicted molar refractivity (Wildman–Crippen MR) is 57.6 cm³/mol. The molecule has 0 aliphatic carbocycles. The fourth-order valence-corrected chi connectivity index (χ4v) is 1.89. The van der Waals surface area contributed by atoms with Gasteiger partial charge in [0.15, 0.2) is 0 Å². The van der Waals surface area contributed by atoms with Crippen molar-refractivity contribution in [3.05, 3.63) is 23.8 Å². The Kier molecular flexibility index (Phi) is 2.49. The molecule has 0 fully saturated rings. The van der Waals surface area contributed by atoms with Crippen molar-refractivity contribution in [3.63, 3.8) is 0 Å². The van der Waals surface area contributed by atoms with Crippen molar-refractivity contribution in [2.24, 2.45) is 5.73 Å². The molecule has 0 radical (unpaired) electrons. The summed E-state index contributed by atoms with van der Waals surface area (Å²) in [5.74, 6) is -0.141. The Hall–Kier alpha value is -1.71. The third-order valence-corrected chi connectivity index (χ3v) is 2.71. The predicted octanol–water partition coefficient (Wildman–Crippen LogP) is 0.994. The molecule has 1 aromatic carbocycles. The lowest BCUT2D eigenvalue weighted by Crippen LogP contribution is -2.34. The minimum Gasteiger partial charge on any atom is -0.508 e. The van der Waals surface area contributed by atoms with Gasteiger partial charge in [0.2, 0.25) is 5.91 Å². The molecule has 0 bridgehead atoms. The van der Waals surface area contributed by atoms with E-state index in [4.69, 9.17) is 5.73 Å². The maximum Gasteiger partial charge on any atom is 0.239 e. The normalized spacial score (nSPS) is 19.9. The molecule has 2 rings (SSSR count). The number of fused-ring (bicyclic) bond motifs is 1. The molecule has 0 saturated carbocycles. The highest BCUT2D eigenvalue weighted by molar-refractivity contribution is 5.83. The van der Waals surface area contributed by atoms with E-state index in [2.05, 4.69) is 5.32 Å². The van der Waals surface area contributed by atoms with Crippen molar-refractivity contribution >= 4 is 11.6 Å². The molecule has 1 aliphatic rings. The van der Waals surface area contributed by atoms with E-state index in [1.165, 1.54) is 0 Å². The van der Waals surface area contributed by atoms with Gasteiger partial charge < -0.3 is 16.2 Å². The third-order valence-electron chi connectivity index (χ3n) is 2.71. The van der Waals surface area contributed by atoms with Crippen LogP contribution in [0.4, 0.5) is 5.69 Å². The highest BCUT2D eigenvalue weighted by atomic mass is 16.3. The van der Waals surface area contributed by atoms with Crippen LogP contribution in [0.15, 0.2) is 18.2 Å². The molecule has 4 N–H and O–H groups in total. The summed E-state index contributed by atoms with van der Waals surface area (Å²) >= 11 is 0. The van der Waals surface area contributed by atoms with Crippen molar-refractivity contribution in [1.82, 2.24) is 0 Å². The number of phenolic OH excluding ortho intramolecular Hbond substituents is 1. The second-order valence-electron chi connectivity index (χ2n) is 3.83. The topological polar surface area (TPSA) is 75.4 Å². The van der Waals surface area contributed by atoms with Gasteiger partial charge in [-0.2, -0.15) is 0 Å². The number of amides is 1. The number of nitrogens with one attached hydrogen (secondary N) is 1. The van der Waals surface area contributed by atoms with Crippen molar-refractivity contribution < 1.29 is 9.90 Å². The van der Waals surface area contributed by atoms with Crippen LogP contribution in [-0.4, -0.2) is 17.1 Å². The number of phenols is 1. The molecule has 1 aliphatic heterocycles. The molecule has 1 atom stereocenters. The summed E-state index contributed by atoms with van der Waals surface area (Å²) in [4.78, 5) is 11.1. The minimum atomic E-state index is -0.341. The first kappa shape index (κ1) is 9.83. The number of aryl methyl sites for hydroxylation is 1. The first-order valence-electron chi connectivity index (χ1n) is 5.04. The van der Waals surface area contributed by atoms with E-state index in [1.54, 1.807) is 12.1 Å². The van der Waals surface area contributed by atoms with Gasteiger partial charge in [-0.15, -0.1) is 0 Å². The lowest BCUT2D eigenvalue weighted by molar-refractivity contribution is -0.118. The van der Waals surface area contributed by atoms with Gasteiger partial charge in [0, 0.05) is 11.8 Å². The van der Waals surface area contributed by atoms with Crippen LogP contribution in [0.2, 0.25) is 0 Å². The molecular formula is C11H14N2O2. The van der Waals surface area contributed by atoms with E-state index >= 15 is 0 Å². The standard InChI is InChI=1S/C11H14N2O2/c12-11(15)9-3-1-2-7-4-5-8(14)6-10(7)13-9/h4-6,9,13-14H,1-3H2,(H2,12,15). The Bertz CT molecular complexity index is 390. The Morgan fingerprint density at radius 3 is 3.07 bits per heavy atom. The maximum absolute atomic E-state index is 11.1. The van der Waals surface area contributed by atoms with E-state index in [9.17, 15) is 9.90 Å². The average Bonchev–Trinajstić information content (AvgIpc) is 2.39. The summed E-state index contributed by atoms with van der Waals surface area (Å²) in [6.45, 7) is 0. The molecule has 4 heteroatoms. The smallest absolute Gasteiger partial charge is 0.239 e. The Morgan fingerprint density at radius 2 is 2.33 bits per heavy atom. The first-order chi connectivity index (χ1) is 7.16. The number of hydrogen-bond acceptors (Lipinski definition) is 3. The Balaban J connectivity index is 2.31. The zero-order chi connectivity index (χ0) is 10.8. The van der Waals surface area contributed by atoms with Crippen LogP contribution >= 0.6 is 0 Å². The molecule has 0 spiro atoms. The summed E-state index contributed by atoms with van der Waals surface area (Å²) in [6, 6.07) is 4.84. The summed E-state index contributed by atoms with van der Waals surface area (Å²) in [6.07, 6.45) is 2.58. The lowest BCUT2D eigenvalue weighted by atomic mass is 10.1. The number of nitrogens with two attached hydrogens (primary N) is 1. The van der Waals surface area contributed by atoms with Crippen molar-refractivity contribution in [1.29, 1.82) is 0 Å². The number of hydrogen-bond donors (Lipinski definition) is 3. The average molecular weight is 206 g/mol. The van der Waals surface area contributed by atoms with E-state index < -0.39 is 0 Å². The maximum atomic E-state index is 11.1. The molecule has 1 amide bonds. The first-order valence-corrected chi connectivity index (χ1v) is 5.04. The second-order valence-corrected chi connectivity index (χ2v) is 3.83.